The first-order valence-corrected chi connectivity index (χ1v) is 6.38. The van der Waals surface area contributed by atoms with Crippen molar-refractivity contribution >= 4 is 0 Å². The lowest BCUT2D eigenvalue weighted by Gasteiger charge is -2.33. The van der Waals surface area contributed by atoms with Gasteiger partial charge in [-0.15, -0.1) is 0 Å². The van der Waals surface area contributed by atoms with Crippen molar-refractivity contribution in [2.24, 2.45) is 5.92 Å². The van der Waals surface area contributed by atoms with Crippen molar-refractivity contribution in [3.8, 4) is 0 Å². The van der Waals surface area contributed by atoms with Gasteiger partial charge in [-0.3, -0.25) is 0 Å². The van der Waals surface area contributed by atoms with Crippen molar-refractivity contribution in [3.05, 3.63) is 0 Å². The Bertz CT molecular complexity index is 164. The lowest BCUT2D eigenvalue weighted by atomic mass is 9.88. The van der Waals surface area contributed by atoms with E-state index in [1.807, 2.05) is 0 Å². The molecular weight excluding hydrogens is 172 g/mol. The van der Waals surface area contributed by atoms with Crippen LogP contribution in [0.25, 0.3) is 0 Å². The van der Waals surface area contributed by atoms with Crippen LogP contribution in [0.5, 0.6) is 0 Å². The maximum atomic E-state index is 3.71. The van der Waals surface area contributed by atoms with Gasteiger partial charge in [0.05, 0.1) is 0 Å². The van der Waals surface area contributed by atoms with Crippen molar-refractivity contribution in [2.45, 2.75) is 57.5 Å². The molecule has 1 aliphatic carbocycles. The van der Waals surface area contributed by atoms with Gasteiger partial charge in [0.2, 0.25) is 0 Å². The largest absolute Gasteiger partial charge is 0.314 e. The van der Waals surface area contributed by atoms with E-state index in [-0.39, 0.29) is 0 Å². The third kappa shape index (κ3) is 2.29. The summed E-state index contributed by atoms with van der Waals surface area (Å²) in [4.78, 5) is 0. The van der Waals surface area contributed by atoms with Gasteiger partial charge in [0.1, 0.15) is 0 Å². The Labute approximate surface area is 87.8 Å². The summed E-state index contributed by atoms with van der Waals surface area (Å²) in [6.07, 6.45) is 8.50. The zero-order valence-corrected chi connectivity index (χ0v) is 9.39. The minimum Gasteiger partial charge on any atom is -0.314 e. The molecule has 0 aromatic rings. The van der Waals surface area contributed by atoms with Crippen molar-refractivity contribution in [2.75, 3.05) is 13.1 Å². The summed E-state index contributed by atoms with van der Waals surface area (Å²) in [6, 6.07) is 1.62. The van der Waals surface area contributed by atoms with E-state index in [0.717, 1.165) is 24.5 Å². The molecule has 0 bridgehead atoms. The van der Waals surface area contributed by atoms with Crippen LogP contribution >= 0.6 is 0 Å². The predicted octanol–water partition coefficient (Wildman–Crippen LogP) is 1.91. The van der Waals surface area contributed by atoms with Crippen LogP contribution in [-0.2, 0) is 0 Å². The fourth-order valence-corrected chi connectivity index (χ4v) is 3.23. The van der Waals surface area contributed by atoms with E-state index >= 15 is 0 Å². The second-order valence-electron chi connectivity index (χ2n) is 4.82. The first-order chi connectivity index (χ1) is 6.92. The molecule has 2 rings (SSSR count). The first kappa shape index (κ1) is 10.4. The Morgan fingerprint density at radius 1 is 1.14 bits per heavy atom. The van der Waals surface area contributed by atoms with Crippen LogP contribution in [0.3, 0.4) is 0 Å². The van der Waals surface area contributed by atoms with Crippen LogP contribution in [0.1, 0.15) is 45.4 Å². The van der Waals surface area contributed by atoms with E-state index < -0.39 is 0 Å². The van der Waals surface area contributed by atoms with Gasteiger partial charge in [-0.05, 0) is 44.7 Å². The molecule has 1 saturated heterocycles. The molecule has 1 aliphatic heterocycles. The lowest BCUT2D eigenvalue weighted by Crippen LogP contribution is -2.46. The molecule has 1 saturated carbocycles. The molecule has 3 atom stereocenters. The molecule has 3 unspecified atom stereocenters. The molecule has 0 radical (unpaired) electrons. The minimum absolute atomic E-state index is 0.801. The van der Waals surface area contributed by atoms with Gasteiger partial charge in [0.15, 0.2) is 0 Å². The van der Waals surface area contributed by atoms with E-state index in [4.69, 9.17) is 0 Å². The maximum Gasteiger partial charge on any atom is 0.0110 e. The van der Waals surface area contributed by atoms with Crippen LogP contribution in [-0.4, -0.2) is 25.2 Å². The van der Waals surface area contributed by atoms with Crippen molar-refractivity contribution in [1.82, 2.24) is 10.6 Å². The third-order valence-corrected chi connectivity index (χ3v) is 3.90. The molecule has 14 heavy (non-hydrogen) atoms. The Hall–Kier alpha value is -0.0800. The normalized spacial score (nSPS) is 38.8. The van der Waals surface area contributed by atoms with Crippen LogP contribution < -0.4 is 10.6 Å². The average molecular weight is 196 g/mol. The highest BCUT2D eigenvalue weighted by atomic mass is 15.0. The molecule has 2 heteroatoms. The topological polar surface area (TPSA) is 24.1 Å². The summed E-state index contributed by atoms with van der Waals surface area (Å²) in [7, 11) is 0. The molecule has 0 spiro atoms. The zero-order chi connectivity index (χ0) is 9.80. The number of hydrogen-bond donors (Lipinski definition) is 2. The van der Waals surface area contributed by atoms with Gasteiger partial charge in [-0.1, -0.05) is 19.8 Å². The van der Waals surface area contributed by atoms with Gasteiger partial charge in [0.25, 0.3) is 0 Å². The quantitative estimate of drug-likeness (QED) is 0.720. The smallest absolute Gasteiger partial charge is 0.0110 e. The van der Waals surface area contributed by atoms with Gasteiger partial charge in [0, 0.05) is 12.1 Å². The fraction of sp³-hybridized carbons (Fsp3) is 1.00. The van der Waals surface area contributed by atoms with Crippen LogP contribution in [0.2, 0.25) is 0 Å². The zero-order valence-electron chi connectivity index (χ0n) is 9.39. The van der Waals surface area contributed by atoms with Crippen molar-refractivity contribution in [1.29, 1.82) is 0 Å². The molecule has 1 heterocycles. The Morgan fingerprint density at radius 3 is 2.79 bits per heavy atom. The van der Waals surface area contributed by atoms with Crippen LogP contribution in [0.15, 0.2) is 0 Å². The highest BCUT2D eigenvalue weighted by Gasteiger charge is 2.33. The second kappa shape index (κ2) is 5.13. The van der Waals surface area contributed by atoms with E-state index in [0.29, 0.717) is 0 Å². The molecule has 0 amide bonds. The van der Waals surface area contributed by atoms with E-state index in [1.165, 1.54) is 45.1 Å². The Kier molecular flexibility index (Phi) is 3.82. The van der Waals surface area contributed by atoms with Gasteiger partial charge >= 0.3 is 0 Å². The Morgan fingerprint density at radius 2 is 2.07 bits per heavy atom. The highest BCUT2D eigenvalue weighted by molar-refractivity contribution is 4.91. The fourth-order valence-electron chi connectivity index (χ4n) is 3.23. The average Bonchev–Trinajstić information content (AvgIpc) is 2.68. The maximum absolute atomic E-state index is 3.71. The summed E-state index contributed by atoms with van der Waals surface area (Å²) in [6.45, 7) is 4.61. The summed E-state index contributed by atoms with van der Waals surface area (Å²) in [5, 5.41) is 7.36. The molecule has 0 aromatic heterocycles. The lowest BCUT2D eigenvalue weighted by molar-refractivity contribution is 0.259. The second-order valence-corrected chi connectivity index (χ2v) is 4.82. The summed E-state index contributed by atoms with van der Waals surface area (Å²) in [5.41, 5.74) is 0. The monoisotopic (exact) mass is 196 g/mol. The van der Waals surface area contributed by atoms with Crippen LogP contribution in [0.4, 0.5) is 0 Å². The van der Waals surface area contributed by atoms with Crippen molar-refractivity contribution in [3.63, 3.8) is 0 Å². The molecule has 82 valence electrons. The number of piperidine rings is 1. The van der Waals surface area contributed by atoms with Gasteiger partial charge in [-0.25, -0.2) is 0 Å². The SMILES string of the molecule is CCNC1CCCC1C1CCCCN1. The molecule has 2 aliphatic rings. The molecule has 2 N–H and O–H groups in total. The standard InChI is InChI=1S/C12H24N2/c1-2-13-11-8-5-6-10(11)12-7-3-4-9-14-12/h10-14H,2-9H2,1H3. The third-order valence-electron chi connectivity index (χ3n) is 3.90. The molecular formula is C12H24N2. The summed E-state index contributed by atoms with van der Waals surface area (Å²) >= 11 is 0. The van der Waals surface area contributed by atoms with E-state index in [9.17, 15) is 0 Å². The molecule has 2 nitrogen and oxygen atoms in total. The highest BCUT2D eigenvalue weighted by Crippen LogP contribution is 2.31. The first-order valence-electron chi connectivity index (χ1n) is 6.38. The molecule has 0 aromatic carbocycles. The summed E-state index contributed by atoms with van der Waals surface area (Å²) in [5.74, 6) is 0.912. The predicted molar refractivity (Wildman–Crippen MR) is 60.4 cm³/mol. The number of rotatable bonds is 3. The Balaban J connectivity index is 1.87. The van der Waals surface area contributed by atoms with E-state index in [2.05, 4.69) is 17.6 Å². The van der Waals surface area contributed by atoms with E-state index in [1.54, 1.807) is 0 Å². The number of hydrogen-bond acceptors (Lipinski definition) is 2. The van der Waals surface area contributed by atoms with Crippen LogP contribution in [0, 0.1) is 5.92 Å². The van der Waals surface area contributed by atoms with Crippen molar-refractivity contribution < 1.29 is 0 Å². The van der Waals surface area contributed by atoms with Gasteiger partial charge in [-0.2, -0.15) is 0 Å². The molecule has 2 fully saturated rings. The van der Waals surface area contributed by atoms with Gasteiger partial charge < -0.3 is 10.6 Å². The number of nitrogens with one attached hydrogen (secondary N) is 2. The summed E-state index contributed by atoms with van der Waals surface area (Å²) < 4.78 is 0. The minimum atomic E-state index is 0.801.